The molecule has 0 bridgehead atoms. The highest BCUT2D eigenvalue weighted by Crippen LogP contribution is 2.34. The van der Waals surface area contributed by atoms with Crippen LogP contribution in [0.4, 0.5) is 4.79 Å². The van der Waals surface area contributed by atoms with Crippen LogP contribution in [0, 0.1) is 0 Å². The van der Waals surface area contributed by atoms with Crippen molar-refractivity contribution in [2.45, 2.75) is 63.2 Å². The average molecular weight is 407 g/mol. The zero-order chi connectivity index (χ0) is 19.0. The fourth-order valence-corrected chi connectivity index (χ4v) is 5.52. The lowest BCUT2D eigenvalue weighted by Crippen LogP contribution is -2.41. The third-order valence-corrected chi connectivity index (χ3v) is 7.02. The number of imide groups is 1. The summed E-state index contributed by atoms with van der Waals surface area (Å²) in [7, 11) is 0. The average Bonchev–Trinajstić information content (AvgIpc) is 3.36. The number of carbonyl (C=O) groups excluding carboxylic acids is 2. The fraction of sp³-hybridized carbons (Fsp3) is 0.556. The van der Waals surface area contributed by atoms with E-state index >= 15 is 0 Å². The van der Waals surface area contributed by atoms with Gasteiger partial charge in [-0.15, -0.1) is 11.3 Å². The van der Waals surface area contributed by atoms with E-state index < -0.39 is 6.03 Å². The van der Waals surface area contributed by atoms with E-state index in [9.17, 15) is 14.4 Å². The topological polar surface area (TPSA) is 93.1 Å². The number of thioether (sulfide) groups is 1. The molecule has 0 aromatic carbocycles. The van der Waals surface area contributed by atoms with E-state index in [-0.39, 0.29) is 23.3 Å². The molecule has 0 spiro atoms. The number of fused-ring (bicyclic) bond motifs is 3. The number of amides is 3. The summed E-state index contributed by atoms with van der Waals surface area (Å²) in [6.45, 7) is 2.40. The molecule has 2 aromatic rings. The summed E-state index contributed by atoms with van der Waals surface area (Å²) in [5.41, 5.74) is 1.16. The zero-order valence-corrected chi connectivity index (χ0v) is 16.8. The Morgan fingerprint density at radius 1 is 1.30 bits per heavy atom. The predicted molar refractivity (Wildman–Crippen MR) is 107 cm³/mol. The van der Waals surface area contributed by atoms with Crippen molar-refractivity contribution >= 4 is 45.3 Å². The van der Waals surface area contributed by atoms with Crippen molar-refractivity contribution in [2.75, 3.05) is 5.75 Å². The van der Waals surface area contributed by atoms with Crippen molar-refractivity contribution in [3.8, 4) is 0 Å². The first-order valence-electron chi connectivity index (χ1n) is 9.35. The van der Waals surface area contributed by atoms with Crippen LogP contribution in [0.2, 0.25) is 0 Å². The van der Waals surface area contributed by atoms with Crippen LogP contribution in [0.15, 0.2) is 9.95 Å². The molecule has 1 fully saturated rings. The van der Waals surface area contributed by atoms with Gasteiger partial charge in [-0.2, -0.15) is 0 Å². The van der Waals surface area contributed by atoms with E-state index in [1.165, 1.54) is 22.2 Å². The van der Waals surface area contributed by atoms with Crippen LogP contribution in [-0.4, -0.2) is 33.3 Å². The number of aromatic nitrogens is 2. The first kappa shape index (κ1) is 18.5. The maximum Gasteiger partial charge on any atom is 0.321 e. The lowest BCUT2D eigenvalue weighted by Gasteiger charge is -2.12. The van der Waals surface area contributed by atoms with E-state index in [0.717, 1.165) is 48.7 Å². The second kappa shape index (κ2) is 7.63. The largest absolute Gasteiger partial charge is 0.335 e. The maximum absolute atomic E-state index is 13.0. The summed E-state index contributed by atoms with van der Waals surface area (Å²) in [6, 6.07) is -0.255. The van der Waals surface area contributed by atoms with E-state index in [0.29, 0.717) is 11.7 Å². The zero-order valence-electron chi connectivity index (χ0n) is 15.2. The fourth-order valence-electron chi connectivity index (χ4n) is 3.35. The molecule has 7 nitrogen and oxygen atoms in total. The second-order valence-electron chi connectivity index (χ2n) is 6.92. The van der Waals surface area contributed by atoms with Crippen molar-refractivity contribution in [3.05, 3.63) is 20.8 Å². The smallest absolute Gasteiger partial charge is 0.321 e. The summed E-state index contributed by atoms with van der Waals surface area (Å²) in [5, 5.41) is 6.34. The van der Waals surface area contributed by atoms with E-state index in [1.807, 2.05) is 6.92 Å². The van der Waals surface area contributed by atoms with Crippen LogP contribution in [0.3, 0.4) is 0 Å². The number of hydrogen-bond donors (Lipinski definition) is 2. The number of carbonyl (C=O) groups is 2. The lowest BCUT2D eigenvalue weighted by atomic mass is 9.97. The lowest BCUT2D eigenvalue weighted by molar-refractivity contribution is -0.117. The van der Waals surface area contributed by atoms with Crippen LogP contribution in [0.25, 0.3) is 10.2 Å². The molecule has 3 amide bonds. The van der Waals surface area contributed by atoms with E-state index in [1.54, 1.807) is 15.9 Å². The van der Waals surface area contributed by atoms with Crippen molar-refractivity contribution in [1.29, 1.82) is 0 Å². The monoisotopic (exact) mass is 406 g/mol. The number of rotatable bonds is 5. The van der Waals surface area contributed by atoms with Crippen LogP contribution >= 0.6 is 23.1 Å². The molecule has 2 N–H and O–H groups in total. The molecule has 2 aromatic heterocycles. The van der Waals surface area contributed by atoms with E-state index in [2.05, 4.69) is 15.6 Å². The van der Waals surface area contributed by atoms with E-state index in [4.69, 9.17) is 0 Å². The Balaban J connectivity index is 1.53. The predicted octanol–water partition coefficient (Wildman–Crippen LogP) is 2.44. The standard InChI is InChI=1S/C18H22N4O3S2/c1-2-22-16(24)14-11-5-3-4-6-12(11)27-15(14)21-18(22)26-9-13(23)20-17(25)19-10-7-8-10/h10H,2-9H2,1H3,(H2,19,20,23,25). The number of hydrogen-bond acceptors (Lipinski definition) is 6. The van der Waals surface area contributed by atoms with Crippen molar-refractivity contribution in [2.24, 2.45) is 0 Å². The maximum atomic E-state index is 13.0. The second-order valence-corrected chi connectivity index (χ2v) is 8.95. The summed E-state index contributed by atoms with van der Waals surface area (Å²) in [6.07, 6.45) is 6.17. The van der Waals surface area contributed by atoms with Crippen LogP contribution in [0.1, 0.15) is 43.0 Å². The molecule has 2 aliphatic rings. The highest BCUT2D eigenvalue weighted by atomic mass is 32.2. The van der Waals surface area contributed by atoms with Gasteiger partial charge in [-0.1, -0.05) is 11.8 Å². The molecule has 2 aliphatic carbocycles. The Labute approximate surface area is 164 Å². The van der Waals surface area contributed by atoms with Gasteiger partial charge in [-0.05, 0) is 51.0 Å². The molecular weight excluding hydrogens is 384 g/mol. The Bertz CT molecular complexity index is 962. The van der Waals surface area contributed by atoms with Crippen molar-refractivity contribution in [1.82, 2.24) is 20.2 Å². The van der Waals surface area contributed by atoms with Gasteiger partial charge in [0.05, 0.1) is 11.1 Å². The van der Waals surface area contributed by atoms with Crippen LogP contribution < -0.4 is 16.2 Å². The van der Waals surface area contributed by atoms with Gasteiger partial charge >= 0.3 is 6.03 Å². The first-order valence-corrected chi connectivity index (χ1v) is 11.1. The Morgan fingerprint density at radius 3 is 2.81 bits per heavy atom. The minimum Gasteiger partial charge on any atom is -0.335 e. The Kier molecular flexibility index (Phi) is 5.23. The minimum absolute atomic E-state index is 0.0173. The molecule has 1 saturated carbocycles. The van der Waals surface area contributed by atoms with Gasteiger partial charge in [-0.25, -0.2) is 9.78 Å². The quantitative estimate of drug-likeness (QED) is 0.588. The van der Waals surface area contributed by atoms with Crippen LogP contribution in [-0.2, 0) is 24.2 Å². The van der Waals surface area contributed by atoms with Crippen molar-refractivity contribution in [3.63, 3.8) is 0 Å². The molecule has 0 radical (unpaired) electrons. The highest BCUT2D eigenvalue weighted by molar-refractivity contribution is 7.99. The Morgan fingerprint density at radius 2 is 2.07 bits per heavy atom. The molecular formula is C18H22N4O3S2. The molecule has 0 aliphatic heterocycles. The van der Waals surface area contributed by atoms with Gasteiger partial charge in [0.1, 0.15) is 4.83 Å². The highest BCUT2D eigenvalue weighted by Gasteiger charge is 2.24. The molecule has 4 rings (SSSR count). The molecule has 27 heavy (non-hydrogen) atoms. The SMILES string of the molecule is CCn1c(SCC(=O)NC(=O)NC2CC2)nc2sc3c(c2c1=O)CCCC3. The number of thiophene rings is 1. The van der Waals surface area contributed by atoms with Gasteiger partial charge in [0.25, 0.3) is 5.56 Å². The molecule has 144 valence electrons. The van der Waals surface area contributed by atoms with Gasteiger partial charge < -0.3 is 5.32 Å². The minimum atomic E-state index is -0.453. The van der Waals surface area contributed by atoms with Gasteiger partial charge in [0.15, 0.2) is 5.16 Å². The molecule has 9 heteroatoms. The molecule has 2 heterocycles. The normalized spacial score (nSPS) is 16.2. The van der Waals surface area contributed by atoms with Gasteiger partial charge in [-0.3, -0.25) is 19.5 Å². The number of nitrogens with one attached hydrogen (secondary N) is 2. The molecule has 0 unspecified atom stereocenters. The molecule has 0 saturated heterocycles. The van der Waals surface area contributed by atoms with Gasteiger partial charge in [0, 0.05) is 17.5 Å². The number of aryl methyl sites for hydroxylation is 2. The van der Waals surface area contributed by atoms with Crippen molar-refractivity contribution < 1.29 is 9.59 Å². The first-order chi connectivity index (χ1) is 13.1. The number of nitrogens with zero attached hydrogens (tertiary/aromatic N) is 2. The van der Waals surface area contributed by atoms with Gasteiger partial charge in [0.2, 0.25) is 5.91 Å². The summed E-state index contributed by atoms with van der Waals surface area (Å²) in [5.74, 6) is -0.346. The summed E-state index contributed by atoms with van der Waals surface area (Å²) < 4.78 is 1.63. The Hall–Kier alpha value is -1.87. The summed E-state index contributed by atoms with van der Waals surface area (Å²) >= 11 is 2.80. The third-order valence-electron chi connectivity index (χ3n) is 4.85. The molecule has 0 atom stereocenters. The summed E-state index contributed by atoms with van der Waals surface area (Å²) in [4.78, 5) is 43.4. The van der Waals surface area contributed by atoms with Crippen LogP contribution in [0.5, 0.6) is 0 Å². The number of urea groups is 1. The third kappa shape index (κ3) is 3.89.